The molecule has 1 rings (SSSR count). The maximum atomic E-state index is 6.02. The summed E-state index contributed by atoms with van der Waals surface area (Å²) in [5.74, 6) is 0. The monoisotopic (exact) mass is 253 g/mol. The first kappa shape index (κ1) is 15.7. The molecule has 1 unspecified atom stereocenters. The second kappa shape index (κ2) is 7.96. The van der Waals surface area contributed by atoms with Crippen molar-refractivity contribution in [3.8, 4) is 0 Å². The quantitative estimate of drug-likeness (QED) is 0.546. The Kier molecular flexibility index (Phi) is 6.95. The Hall–Kier alpha value is -0.340. The van der Waals surface area contributed by atoms with Crippen molar-refractivity contribution in [3.63, 3.8) is 0 Å². The molecule has 1 N–H and O–H groups in total. The van der Waals surface area contributed by atoms with E-state index in [1.807, 2.05) is 7.11 Å². The van der Waals surface area contributed by atoms with Crippen LogP contribution in [0.3, 0.4) is 0 Å². The Morgan fingerprint density at radius 3 is 2.33 bits per heavy atom. The van der Waals surface area contributed by atoms with E-state index in [0.717, 1.165) is 13.0 Å². The topological polar surface area (TPSA) is 21.3 Å². The predicted octanol–water partition coefficient (Wildman–Crippen LogP) is 4.06. The third kappa shape index (κ3) is 4.40. The second-order valence-corrected chi connectivity index (χ2v) is 5.85. The van der Waals surface area contributed by atoms with Gasteiger partial charge in [-0.1, -0.05) is 38.2 Å². The molecule has 1 atom stereocenters. The van der Waals surface area contributed by atoms with Crippen LogP contribution in [0.5, 0.6) is 0 Å². The van der Waals surface area contributed by atoms with Gasteiger partial charge in [-0.3, -0.25) is 0 Å². The van der Waals surface area contributed by atoms with Crippen LogP contribution in [-0.4, -0.2) is 25.3 Å². The highest BCUT2D eigenvalue weighted by molar-refractivity contribution is 5.02. The van der Waals surface area contributed by atoms with Crippen LogP contribution >= 0.6 is 0 Å². The first-order valence-corrected chi connectivity index (χ1v) is 7.57. The van der Waals surface area contributed by atoms with Gasteiger partial charge in [0.05, 0.1) is 5.60 Å². The highest BCUT2D eigenvalue weighted by atomic mass is 16.5. The van der Waals surface area contributed by atoms with Crippen LogP contribution in [0.2, 0.25) is 0 Å². The minimum absolute atomic E-state index is 0.0324. The minimum Gasteiger partial charge on any atom is -0.377 e. The fourth-order valence-electron chi connectivity index (χ4n) is 3.13. The van der Waals surface area contributed by atoms with Gasteiger partial charge in [-0.15, -0.1) is 6.58 Å². The molecule has 0 heterocycles. The van der Waals surface area contributed by atoms with Gasteiger partial charge < -0.3 is 10.1 Å². The van der Waals surface area contributed by atoms with E-state index >= 15 is 0 Å². The predicted molar refractivity (Wildman–Crippen MR) is 79.0 cm³/mol. The molecular formula is C16H31NO. The van der Waals surface area contributed by atoms with Gasteiger partial charge in [-0.25, -0.2) is 0 Å². The van der Waals surface area contributed by atoms with Gasteiger partial charge in [-0.2, -0.15) is 0 Å². The largest absolute Gasteiger partial charge is 0.377 e. The third-order valence-corrected chi connectivity index (χ3v) is 4.18. The van der Waals surface area contributed by atoms with E-state index in [0.29, 0.717) is 6.04 Å². The maximum Gasteiger partial charge on any atom is 0.0834 e. The van der Waals surface area contributed by atoms with Crippen molar-refractivity contribution in [1.29, 1.82) is 0 Å². The summed E-state index contributed by atoms with van der Waals surface area (Å²) < 4.78 is 6.02. The van der Waals surface area contributed by atoms with Crippen LogP contribution in [0.1, 0.15) is 65.2 Å². The molecule has 0 bridgehead atoms. The molecule has 1 aliphatic rings. The number of hydrogen-bond acceptors (Lipinski definition) is 2. The van der Waals surface area contributed by atoms with Gasteiger partial charge in [0.1, 0.15) is 0 Å². The van der Waals surface area contributed by atoms with Crippen molar-refractivity contribution in [2.45, 2.75) is 76.9 Å². The number of methoxy groups -OCH3 is 1. The number of hydrogen-bond donors (Lipinski definition) is 1. The van der Waals surface area contributed by atoms with E-state index in [2.05, 4.69) is 25.7 Å². The molecule has 18 heavy (non-hydrogen) atoms. The molecule has 0 amide bonds. The highest BCUT2D eigenvalue weighted by Gasteiger charge is 2.38. The fraction of sp³-hybridized carbons (Fsp3) is 0.875. The van der Waals surface area contributed by atoms with E-state index in [9.17, 15) is 0 Å². The van der Waals surface area contributed by atoms with Gasteiger partial charge in [0.25, 0.3) is 0 Å². The number of ether oxygens (including phenoxy) is 1. The van der Waals surface area contributed by atoms with Crippen LogP contribution in [-0.2, 0) is 4.74 Å². The molecule has 2 nitrogen and oxygen atoms in total. The molecule has 2 heteroatoms. The Morgan fingerprint density at radius 1 is 1.28 bits per heavy atom. The summed E-state index contributed by atoms with van der Waals surface area (Å²) in [6.45, 7) is 9.51. The molecule has 1 saturated carbocycles. The summed E-state index contributed by atoms with van der Waals surface area (Å²) in [6.07, 6.45) is 9.91. The van der Waals surface area contributed by atoms with Crippen molar-refractivity contribution in [1.82, 2.24) is 5.32 Å². The normalized spacial score (nSPS) is 21.3. The average molecular weight is 253 g/mol. The number of rotatable bonds is 7. The Labute approximate surface area is 113 Å². The van der Waals surface area contributed by atoms with E-state index in [1.165, 1.54) is 50.5 Å². The summed E-state index contributed by atoms with van der Waals surface area (Å²) in [5, 5.41) is 3.70. The molecule has 0 radical (unpaired) electrons. The van der Waals surface area contributed by atoms with Crippen molar-refractivity contribution in [2.24, 2.45) is 0 Å². The lowest BCUT2D eigenvalue weighted by atomic mass is 9.83. The van der Waals surface area contributed by atoms with Crippen molar-refractivity contribution >= 4 is 0 Å². The maximum absolute atomic E-state index is 6.02. The van der Waals surface area contributed by atoms with E-state index in [-0.39, 0.29) is 5.60 Å². The van der Waals surface area contributed by atoms with E-state index < -0.39 is 0 Å². The van der Waals surface area contributed by atoms with Gasteiger partial charge in [-0.05, 0) is 39.2 Å². The third-order valence-electron chi connectivity index (χ3n) is 4.18. The Bertz CT molecular complexity index is 241. The van der Waals surface area contributed by atoms with E-state index in [1.54, 1.807) is 0 Å². The summed E-state index contributed by atoms with van der Waals surface area (Å²) in [5.41, 5.74) is 1.29. The summed E-state index contributed by atoms with van der Waals surface area (Å²) in [7, 11) is 1.89. The van der Waals surface area contributed by atoms with Crippen LogP contribution in [0.15, 0.2) is 12.2 Å². The standard InChI is InChI=1S/C16H31NO/c1-5-12-17-15(13-14(2)3)16(18-4)10-8-6-7-9-11-16/h15,17H,2,5-13H2,1,3-4H3. The van der Waals surface area contributed by atoms with Crippen LogP contribution in [0.25, 0.3) is 0 Å². The first-order chi connectivity index (χ1) is 8.64. The van der Waals surface area contributed by atoms with E-state index in [4.69, 9.17) is 4.74 Å². The van der Waals surface area contributed by atoms with Gasteiger partial charge in [0.15, 0.2) is 0 Å². The lowest BCUT2D eigenvalue weighted by Gasteiger charge is -2.40. The molecule has 1 fully saturated rings. The molecule has 0 aliphatic heterocycles. The zero-order valence-corrected chi connectivity index (χ0v) is 12.6. The lowest BCUT2D eigenvalue weighted by molar-refractivity contribution is -0.0525. The number of nitrogens with one attached hydrogen (secondary N) is 1. The summed E-state index contributed by atoms with van der Waals surface area (Å²) in [4.78, 5) is 0. The van der Waals surface area contributed by atoms with Gasteiger partial charge in [0, 0.05) is 13.2 Å². The average Bonchev–Trinajstić information content (AvgIpc) is 2.60. The second-order valence-electron chi connectivity index (χ2n) is 5.85. The minimum atomic E-state index is 0.0324. The van der Waals surface area contributed by atoms with Crippen LogP contribution in [0, 0.1) is 0 Å². The Morgan fingerprint density at radius 2 is 1.89 bits per heavy atom. The molecular weight excluding hydrogens is 222 g/mol. The highest BCUT2D eigenvalue weighted by Crippen LogP contribution is 2.35. The molecule has 0 saturated heterocycles. The SMILES string of the molecule is C=C(C)CC(NCCC)C1(OC)CCCCCC1. The Balaban J connectivity index is 2.77. The lowest BCUT2D eigenvalue weighted by Crippen LogP contribution is -2.52. The zero-order valence-electron chi connectivity index (χ0n) is 12.6. The molecule has 1 aliphatic carbocycles. The smallest absolute Gasteiger partial charge is 0.0834 e. The zero-order chi connectivity index (χ0) is 13.4. The van der Waals surface area contributed by atoms with Crippen molar-refractivity contribution in [3.05, 3.63) is 12.2 Å². The summed E-state index contributed by atoms with van der Waals surface area (Å²) >= 11 is 0. The van der Waals surface area contributed by atoms with Crippen molar-refractivity contribution in [2.75, 3.05) is 13.7 Å². The first-order valence-electron chi connectivity index (χ1n) is 7.57. The molecule has 106 valence electrons. The molecule has 0 aromatic carbocycles. The van der Waals surface area contributed by atoms with Gasteiger partial charge in [0.2, 0.25) is 0 Å². The van der Waals surface area contributed by atoms with Crippen molar-refractivity contribution < 1.29 is 4.74 Å². The van der Waals surface area contributed by atoms with Gasteiger partial charge >= 0.3 is 0 Å². The summed E-state index contributed by atoms with van der Waals surface area (Å²) in [6, 6.07) is 0.429. The molecule has 0 aromatic rings. The van der Waals surface area contributed by atoms with Crippen LogP contribution in [0.4, 0.5) is 0 Å². The molecule has 0 spiro atoms. The van der Waals surface area contributed by atoms with Crippen LogP contribution < -0.4 is 5.32 Å². The molecule has 0 aromatic heterocycles. The fourth-order valence-corrected chi connectivity index (χ4v) is 3.13.